The maximum Gasteiger partial charge on any atom is 0.458 e. The highest BCUT2D eigenvalue weighted by molar-refractivity contribution is 7.65. The standard InChI is InChI=1S/C9H12NO3S/c11-8-4-5-9(12)10(8)6-2-1-3-7-14-13/h4-5H,1-3,6-7H2/q+1. The molecule has 2 amide bonds. The van der Waals surface area contributed by atoms with Crippen LogP contribution in [0.15, 0.2) is 12.2 Å². The Morgan fingerprint density at radius 2 is 1.71 bits per heavy atom. The van der Waals surface area contributed by atoms with Gasteiger partial charge in [0.15, 0.2) is 0 Å². The van der Waals surface area contributed by atoms with E-state index in [2.05, 4.69) is 0 Å². The summed E-state index contributed by atoms with van der Waals surface area (Å²) < 4.78 is 10.0. The molecule has 0 bridgehead atoms. The average molecular weight is 214 g/mol. The second-order valence-electron chi connectivity index (χ2n) is 3.04. The molecule has 0 aromatic rings. The van der Waals surface area contributed by atoms with E-state index in [1.54, 1.807) is 0 Å². The molecule has 0 saturated carbocycles. The van der Waals surface area contributed by atoms with Gasteiger partial charge in [0.25, 0.3) is 11.8 Å². The molecule has 0 aromatic heterocycles. The highest BCUT2D eigenvalue weighted by atomic mass is 32.1. The smallest absolute Gasteiger partial charge is 0.275 e. The van der Waals surface area contributed by atoms with E-state index in [-0.39, 0.29) is 11.8 Å². The molecule has 0 N–H and O–H groups in total. The molecule has 0 aromatic carbocycles. The maximum absolute atomic E-state index is 11.1. The lowest BCUT2D eigenvalue weighted by Gasteiger charge is -2.12. The normalized spacial score (nSPS) is 15.3. The third-order valence-electron chi connectivity index (χ3n) is 2.01. The molecule has 0 saturated heterocycles. The monoisotopic (exact) mass is 214 g/mol. The molecule has 1 aliphatic heterocycles. The molecule has 1 aliphatic rings. The zero-order chi connectivity index (χ0) is 10.4. The van der Waals surface area contributed by atoms with E-state index in [0.717, 1.165) is 19.3 Å². The zero-order valence-electron chi connectivity index (χ0n) is 7.77. The van der Waals surface area contributed by atoms with E-state index in [0.29, 0.717) is 24.0 Å². The average Bonchev–Trinajstić information content (AvgIpc) is 2.48. The van der Waals surface area contributed by atoms with Gasteiger partial charge in [-0.1, -0.05) is 0 Å². The van der Waals surface area contributed by atoms with Crippen LogP contribution < -0.4 is 0 Å². The van der Waals surface area contributed by atoms with Crippen molar-refractivity contribution in [3.05, 3.63) is 12.2 Å². The first kappa shape index (κ1) is 11.0. The van der Waals surface area contributed by atoms with Gasteiger partial charge >= 0.3 is 11.7 Å². The second kappa shape index (κ2) is 5.59. The first-order valence-electron chi connectivity index (χ1n) is 4.54. The second-order valence-corrected chi connectivity index (χ2v) is 3.69. The largest absolute Gasteiger partial charge is 0.458 e. The number of unbranched alkanes of at least 4 members (excludes halogenated alkanes) is 2. The first-order chi connectivity index (χ1) is 6.75. The molecule has 14 heavy (non-hydrogen) atoms. The molecule has 0 atom stereocenters. The molecule has 1 heterocycles. The van der Waals surface area contributed by atoms with Gasteiger partial charge in [-0.05, 0) is 12.8 Å². The Kier molecular flexibility index (Phi) is 4.39. The number of hydrogen-bond donors (Lipinski definition) is 0. The van der Waals surface area contributed by atoms with E-state index in [1.807, 2.05) is 0 Å². The van der Waals surface area contributed by atoms with Crippen LogP contribution in [0.25, 0.3) is 0 Å². The van der Waals surface area contributed by atoms with Gasteiger partial charge in [-0.15, -0.1) is 0 Å². The minimum absolute atomic E-state index is 0.229. The summed E-state index contributed by atoms with van der Waals surface area (Å²) in [6.45, 7) is 0.466. The van der Waals surface area contributed by atoms with E-state index >= 15 is 0 Å². The summed E-state index contributed by atoms with van der Waals surface area (Å²) in [5.74, 6) is 0.140. The Hall–Kier alpha value is -1.10. The van der Waals surface area contributed by atoms with Crippen molar-refractivity contribution in [1.29, 1.82) is 0 Å². The lowest BCUT2D eigenvalue weighted by Crippen LogP contribution is -2.30. The molecule has 0 fully saturated rings. The van der Waals surface area contributed by atoms with Gasteiger partial charge in [0.05, 0.1) is 0 Å². The number of nitrogens with zero attached hydrogens (tertiary/aromatic N) is 1. The molecule has 0 radical (unpaired) electrons. The number of carbonyl (C=O) groups excluding carboxylic acids is 2. The predicted octanol–water partition coefficient (Wildman–Crippen LogP) is 0.510. The van der Waals surface area contributed by atoms with E-state index in [4.69, 9.17) is 0 Å². The Bertz CT molecular complexity index is 257. The van der Waals surface area contributed by atoms with E-state index < -0.39 is 0 Å². The third kappa shape index (κ3) is 2.99. The van der Waals surface area contributed by atoms with Crippen molar-refractivity contribution in [2.45, 2.75) is 19.3 Å². The summed E-state index contributed by atoms with van der Waals surface area (Å²) in [6.07, 6.45) is 5.08. The summed E-state index contributed by atoms with van der Waals surface area (Å²) >= 11 is 0.576. The van der Waals surface area contributed by atoms with Crippen LogP contribution in [0, 0.1) is 0 Å². The molecule has 0 spiro atoms. The van der Waals surface area contributed by atoms with Crippen LogP contribution in [-0.2, 0) is 25.5 Å². The van der Waals surface area contributed by atoms with Crippen molar-refractivity contribution in [3.8, 4) is 0 Å². The quantitative estimate of drug-likeness (QED) is 0.368. The van der Waals surface area contributed by atoms with Crippen LogP contribution in [0.1, 0.15) is 19.3 Å². The molecular formula is C9H12NO3S+. The minimum atomic E-state index is -0.229. The number of hydrogen-bond acceptors (Lipinski definition) is 3. The van der Waals surface area contributed by atoms with Crippen molar-refractivity contribution >= 4 is 23.5 Å². The van der Waals surface area contributed by atoms with Crippen molar-refractivity contribution in [3.63, 3.8) is 0 Å². The van der Waals surface area contributed by atoms with Crippen molar-refractivity contribution in [2.24, 2.45) is 0 Å². The number of carbonyl (C=O) groups is 2. The number of imide groups is 1. The van der Waals surface area contributed by atoms with Crippen molar-refractivity contribution in [2.75, 3.05) is 12.3 Å². The van der Waals surface area contributed by atoms with Crippen molar-refractivity contribution < 1.29 is 13.8 Å². The summed E-state index contributed by atoms with van der Waals surface area (Å²) in [5.41, 5.74) is 0. The molecule has 0 unspecified atom stereocenters. The lowest BCUT2D eigenvalue weighted by atomic mass is 10.2. The summed E-state index contributed by atoms with van der Waals surface area (Å²) in [4.78, 5) is 23.4. The van der Waals surface area contributed by atoms with Gasteiger partial charge in [0, 0.05) is 29.3 Å². The van der Waals surface area contributed by atoms with Gasteiger partial charge in [-0.3, -0.25) is 14.5 Å². The molecule has 1 rings (SSSR count). The topological polar surface area (TPSA) is 54.5 Å². The van der Waals surface area contributed by atoms with E-state index in [9.17, 15) is 13.8 Å². The fraction of sp³-hybridized carbons (Fsp3) is 0.556. The minimum Gasteiger partial charge on any atom is -0.275 e. The maximum atomic E-state index is 11.1. The Morgan fingerprint density at radius 1 is 1.07 bits per heavy atom. The number of rotatable bonds is 6. The van der Waals surface area contributed by atoms with Crippen LogP contribution in [0.3, 0.4) is 0 Å². The van der Waals surface area contributed by atoms with Gasteiger partial charge in [0.2, 0.25) is 5.75 Å². The van der Waals surface area contributed by atoms with Crippen LogP contribution in [0.4, 0.5) is 0 Å². The fourth-order valence-corrected chi connectivity index (χ4v) is 1.58. The third-order valence-corrected chi connectivity index (χ3v) is 2.47. The molecule has 4 nitrogen and oxygen atoms in total. The zero-order valence-corrected chi connectivity index (χ0v) is 8.59. The van der Waals surface area contributed by atoms with E-state index in [1.165, 1.54) is 17.1 Å². The highest BCUT2D eigenvalue weighted by Gasteiger charge is 2.22. The molecule has 0 aliphatic carbocycles. The summed E-state index contributed by atoms with van der Waals surface area (Å²) in [5, 5.41) is 0. The SMILES string of the molecule is O=[S+]CCCCCN1C(=O)C=CC1=O. The molecular weight excluding hydrogens is 202 g/mol. The van der Waals surface area contributed by atoms with Crippen LogP contribution >= 0.6 is 0 Å². The van der Waals surface area contributed by atoms with Gasteiger partial charge in [-0.2, -0.15) is 0 Å². The number of amides is 2. The Morgan fingerprint density at radius 3 is 2.29 bits per heavy atom. The Balaban J connectivity index is 2.15. The van der Waals surface area contributed by atoms with Gasteiger partial charge in [0.1, 0.15) is 0 Å². The highest BCUT2D eigenvalue weighted by Crippen LogP contribution is 2.06. The molecule has 5 heteroatoms. The summed E-state index contributed by atoms with van der Waals surface area (Å²) in [6, 6.07) is 0. The molecule has 76 valence electrons. The van der Waals surface area contributed by atoms with Crippen LogP contribution in [0.5, 0.6) is 0 Å². The van der Waals surface area contributed by atoms with Gasteiger partial charge in [-0.25, -0.2) is 0 Å². The van der Waals surface area contributed by atoms with Crippen molar-refractivity contribution in [1.82, 2.24) is 4.90 Å². The fourth-order valence-electron chi connectivity index (χ4n) is 1.26. The van der Waals surface area contributed by atoms with Gasteiger partial charge < -0.3 is 0 Å². The Labute approximate surface area is 86.5 Å². The first-order valence-corrected chi connectivity index (χ1v) is 5.45. The van der Waals surface area contributed by atoms with Crippen LogP contribution in [-0.4, -0.2) is 29.0 Å². The lowest BCUT2D eigenvalue weighted by molar-refractivity contribution is -0.136. The summed E-state index contributed by atoms with van der Waals surface area (Å²) in [7, 11) is 0. The van der Waals surface area contributed by atoms with Crippen LogP contribution in [0.2, 0.25) is 0 Å². The predicted molar refractivity (Wildman–Crippen MR) is 52.6 cm³/mol.